The summed E-state index contributed by atoms with van der Waals surface area (Å²) < 4.78 is 11.1. The average Bonchev–Trinajstić information content (AvgIpc) is 3.08. The first-order valence-electron chi connectivity index (χ1n) is 8.41. The maximum atomic E-state index is 11.1. The standard InChI is InChI=1S/C20H16ClN2O3PS/c21-17-11-19-18(22-20(23-19)28-12-27(24,25)26)10-16(17)15-8-6-14(7-9-15)13-4-2-1-3-5-13/h1-11H,12H2,(H,22,23)(H2,24,25,26). The van der Waals surface area contributed by atoms with Gasteiger partial charge in [0, 0.05) is 5.56 Å². The van der Waals surface area contributed by atoms with E-state index in [-0.39, 0.29) is 5.49 Å². The van der Waals surface area contributed by atoms with Crippen molar-refractivity contribution in [2.45, 2.75) is 5.16 Å². The van der Waals surface area contributed by atoms with Gasteiger partial charge in [-0.3, -0.25) is 4.57 Å². The van der Waals surface area contributed by atoms with Gasteiger partial charge in [0.1, 0.15) is 5.49 Å². The van der Waals surface area contributed by atoms with E-state index >= 15 is 0 Å². The highest BCUT2D eigenvalue weighted by Crippen LogP contribution is 2.41. The van der Waals surface area contributed by atoms with Gasteiger partial charge in [0.05, 0.1) is 16.1 Å². The molecule has 3 aromatic carbocycles. The molecule has 5 nitrogen and oxygen atoms in total. The van der Waals surface area contributed by atoms with E-state index in [1.54, 1.807) is 6.07 Å². The highest BCUT2D eigenvalue weighted by molar-refractivity contribution is 8.04. The smallest absolute Gasteiger partial charge is 0.333 e. The molecule has 0 radical (unpaired) electrons. The fourth-order valence-corrected chi connectivity index (χ4v) is 4.69. The Kier molecular flexibility index (Phi) is 5.32. The van der Waals surface area contributed by atoms with Crippen LogP contribution in [0, 0.1) is 0 Å². The molecule has 0 bridgehead atoms. The molecule has 3 N–H and O–H groups in total. The summed E-state index contributed by atoms with van der Waals surface area (Å²) in [6, 6.07) is 21.9. The molecule has 0 amide bonds. The molecule has 0 spiro atoms. The van der Waals surface area contributed by atoms with Crippen molar-refractivity contribution in [3.8, 4) is 22.3 Å². The summed E-state index contributed by atoms with van der Waals surface area (Å²) in [5.74, 6) is 0. The van der Waals surface area contributed by atoms with E-state index in [1.807, 2.05) is 36.4 Å². The molecule has 1 aromatic heterocycles. The second-order valence-electron chi connectivity index (χ2n) is 6.27. The number of nitrogens with one attached hydrogen (secondary N) is 1. The van der Waals surface area contributed by atoms with E-state index < -0.39 is 7.60 Å². The third kappa shape index (κ3) is 4.32. The molecule has 0 aliphatic heterocycles. The maximum absolute atomic E-state index is 11.1. The molecular weight excluding hydrogens is 415 g/mol. The first kappa shape index (κ1) is 19.2. The summed E-state index contributed by atoms with van der Waals surface area (Å²) in [7, 11) is -4.09. The lowest BCUT2D eigenvalue weighted by Gasteiger charge is -2.07. The Morgan fingerprint density at radius 1 is 0.964 bits per heavy atom. The Labute approximate surface area is 170 Å². The van der Waals surface area contributed by atoms with E-state index in [4.69, 9.17) is 21.4 Å². The Bertz CT molecular complexity index is 1170. The van der Waals surface area contributed by atoms with Crippen molar-refractivity contribution >= 4 is 42.0 Å². The van der Waals surface area contributed by atoms with Crippen molar-refractivity contribution in [1.82, 2.24) is 9.97 Å². The minimum Gasteiger partial charge on any atom is -0.333 e. The van der Waals surface area contributed by atoms with Gasteiger partial charge in [0.2, 0.25) is 0 Å². The van der Waals surface area contributed by atoms with Crippen molar-refractivity contribution in [3.63, 3.8) is 0 Å². The Morgan fingerprint density at radius 3 is 2.29 bits per heavy atom. The van der Waals surface area contributed by atoms with Crippen molar-refractivity contribution < 1.29 is 14.4 Å². The number of hydrogen-bond donors (Lipinski definition) is 3. The second-order valence-corrected chi connectivity index (χ2v) is 9.72. The molecule has 4 rings (SSSR count). The van der Waals surface area contributed by atoms with Crippen LogP contribution in [-0.4, -0.2) is 25.2 Å². The van der Waals surface area contributed by atoms with Crippen molar-refractivity contribution in [2.24, 2.45) is 0 Å². The highest BCUT2D eigenvalue weighted by Gasteiger charge is 2.16. The molecule has 0 fully saturated rings. The molecule has 4 aromatic rings. The van der Waals surface area contributed by atoms with Gasteiger partial charge in [0.15, 0.2) is 5.16 Å². The van der Waals surface area contributed by atoms with Gasteiger partial charge in [-0.25, -0.2) is 4.98 Å². The van der Waals surface area contributed by atoms with Crippen LogP contribution >= 0.6 is 31.0 Å². The summed E-state index contributed by atoms with van der Waals surface area (Å²) in [4.78, 5) is 25.5. The van der Waals surface area contributed by atoms with Crippen LogP contribution in [0.1, 0.15) is 0 Å². The van der Waals surface area contributed by atoms with Crippen molar-refractivity contribution in [1.29, 1.82) is 0 Å². The molecule has 0 saturated carbocycles. The predicted octanol–water partition coefficient (Wildman–Crippen LogP) is 5.78. The van der Waals surface area contributed by atoms with E-state index in [0.717, 1.165) is 39.5 Å². The number of fused-ring (bicyclic) bond motifs is 1. The zero-order chi connectivity index (χ0) is 19.7. The number of thioether (sulfide) groups is 1. The second kappa shape index (κ2) is 7.74. The highest BCUT2D eigenvalue weighted by atomic mass is 35.5. The first-order valence-corrected chi connectivity index (χ1v) is 11.6. The van der Waals surface area contributed by atoms with Gasteiger partial charge in [-0.1, -0.05) is 78.0 Å². The van der Waals surface area contributed by atoms with Crippen LogP contribution in [-0.2, 0) is 4.57 Å². The van der Waals surface area contributed by atoms with E-state index in [9.17, 15) is 4.57 Å². The summed E-state index contributed by atoms with van der Waals surface area (Å²) in [6.07, 6.45) is 0. The van der Waals surface area contributed by atoms with Gasteiger partial charge >= 0.3 is 7.60 Å². The Balaban J connectivity index is 1.65. The summed E-state index contributed by atoms with van der Waals surface area (Å²) in [5.41, 5.74) is 5.19. The topological polar surface area (TPSA) is 86.2 Å². The zero-order valence-electron chi connectivity index (χ0n) is 14.5. The average molecular weight is 431 g/mol. The third-order valence-electron chi connectivity index (χ3n) is 4.22. The number of rotatable bonds is 5. The largest absolute Gasteiger partial charge is 0.335 e. The fourth-order valence-electron chi connectivity index (χ4n) is 2.91. The van der Waals surface area contributed by atoms with Crippen LogP contribution in [0.2, 0.25) is 5.02 Å². The van der Waals surface area contributed by atoms with Crippen molar-refractivity contribution in [3.05, 3.63) is 71.8 Å². The normalized spacial score (nSPS) is 11.8. The number of halogens is 1. The monoisotopic (exact) mass is 430 g/mol. The number of nitrogens with zero attached hydrogens (tertiary/aromatic N) is 1. The zero-order valence-corrected chi connectivity index (χ0v) is 17.0. The van der Waals surface area contributed by atoms with E-state index in [1.165, 1.54) is 0 Å². The lowest BCUT2D eigenvalue weighted by molar-refractivity contribution is 0.379. The van der Waals surface area contributed by atoms with Gasteiger partial charge < -0.3 is 14.8 Å². The minimum absolute atomic E-state index is 0.325. The fraction of sp³-hybridized carbons (Fsp3) is 0.0500. The van der Waals surface area contributed by atoms with Gasteiger partial charge in [-0.05, 0) is 28.8 Å². The first-order chi connectivity index (χ1) is 13.4. The minimum atomic E-state index is -4.09. The van der Waals surface area contributed by atoms with Gasteiger partial charge in [-0.2, -0.15) is 0 Å². The molecule has 0 atom stereocenters. The van der Waals surface area contributed by atoms with Crippen LogP contribution in [0.15, 0.2) is 71.9 Å². The molecule has 0 saturated heterocycles. The molecule has 1 heterocycles. The lowest BCUT2D eigenvalue weighted by Crippen LogP contribution is -1.83. The molecule has 28 heavy (non-hydrogen) atoms. The van der Waals surface area contributed by atoms with Crippen LogP contribution in [0.25, 0.3) is 33.3 Å². The quantitative estimate of drug-likeness (QED) is 0.276. The summed E-state index contributed by atoms with van der Waals surface area (Å²) >= 11 is 7.46. The number of aromatic nitrogens is 2. The van der Waals surface area contributed by atoms with E-state index in [2.05, 4.69) is 34.2 Å². The van der Waals surface area contributed by atoms with Gasteiger partial charge in [0.25, 0.3) is 0 Å². The summed E-state index contributed by atoms with van der Waals surface area (Å²) in [6.45, 7) is 0. The summed E-state index contributed by atoms with van der Waals surface area (Å²) in [5, 5.41) is 1.03. The Morgan fingerprint density at radius 2 is 1.61 bits per heavy atom. The van der Waals surface area contributed by atoms with Crippen LogP contribution < -0.4 is 0 Å². The number of hydrogen-bond acceptors (Lipinski definition) is 3. The molecule has 0 aliphatic carbocycles. The number of benzene rings is 3. The van der Waals surface area contributed by atoms with Crippen LogP contribution in [0.4, 0.5) is 0 Å². The van der Waals surface area contributed by atoms with Crippen molar-refractivity contribution in [2.75, 3.05) is 5.49 Å². The van der Waals surface area contributed by atoms with Crippen LogP contribution in [0.5, 0.6) is 0 Å². The Hall–Kier alpha value is -2.08. The van der Waals surface area contributed by atoms with Crippen LogP contribution in [0.3, 0.4) is 0 Å². The third-order valence-corrected chi connectivity index (χ3v) is 6.86. The molecule has 0 aliphatic rings. The molecular formula is C20H16ClN2O3PS. The SMILES string of the molecule is O=P(O)(O)CSc1nc2cc(-c3ccc(-c4ccccc4)cc3)c(Cl)cc2[nH]1. The molecule has 8 heteroatoms. The number of H-pyrrole nitrogens is 1. The molecule has 142 valence electrons. The molecule has 0 unspecified atom stereocenters. The number of aromatic amines is 1. The van der Waals surface area contributed by atoms with Gasteiger partial charge in [-0.15, -0.1) is 0 Å². The maximum Gasteiger partial charge on any atom is 0.335 e. The van der Waals surface area contributed by atoms with E-state index in [0.29, 0.717) is 15.7 Å². The predicted molar refractivity (Wildman–Crippen MR) is 115 cm³/mol. The lowest BCUT2D eigenvalue weighted by atomic mass is 10.00. The number of imidazole rings is 1.